The molecule has 0 aliphatic heterocycles. The van der Waals surface area contributed by atoms with Crippen molar-refractivity contribution in [3.05, 3.63) is 0 Å². The molecule has 0 rings (SSSR count). The van der Waals surface area contributed by atoms with Crippen LogP contribution in [0.15, 0.2) is 0 Å². The minimum absolute atomic E-state index is 0.00579. The maximum absolute atomic E-state index is 12.0. The van der Waals surface area contributed by atoms with Crippen LogP contribution in [0.3, 0.4) is 0 Å². The number of hydrogen-bond donors (Lipinski definition) is 0. The maximum atomic E-state index is 12.0. The van der Waals surface area contributed by atoms with Crippen LogP contribution in [0.2, 0.25) is 0 Å². The lowest BCUT2D eigenvalue weighted by Gasteiger charge is -2.13. The Hall–Kier alpha value is -0.660. The van der Waals surface area contributed by atoms with Gasteiger partial charge in [0.15, 0.2) is 12.1 Å². The lowest BCUT2D eigenvalue weighted by Crippen LogP contribution is -2.15. The van der Waals surface area contributed by atoms with Gasteiger partial charge in [0.2, 0.25) is 0 Å². The van der Waals surface area contributed by atoms with Crippen molar-refractivity contribution in [2.24, 2.45) is 5.92 Å². The van der Waals surface area contributed by atoms with Gasteiger partial charge in [0.25, 0.3) is 0 Å². The monoisotopic (exact) mass is 464 g/mol. The molecule has 196 valence electrons. The summed E-state index contributed by atoms with van der Waals surface area (Å²) in [5, 5.41) is 0. The van der Waals surface area contributed by atoms with Gasteiger partial charge in [-0.15, -0.1) is 0 Å². The average molecular weight is 465 g/mol. The average Bonchev–Trinajstić information content (AvgIpc) is 2.83. The predicted octanol–water partition coefficient (Wildman–Crippen LogP) is 10.6. The quantitative estimate of drug-likeness (QED) is 0.0655. The molecule has 2 nitrogen and oxygen atoms in total. The largest absolute Gasteiger partial charge is 0.295 e. The van der Waals surface area contributed by atoms with E-state index in [-0.39, 0.29) is 11.7 Å². The van der Waals surface area contributed by atoms with Crippen LogP contribution in [0.1, 0.15) is 181 Å². The molecule has 0 aliphatic carbocycles. The molecule has 0 amide bonds. The van der Waals surface area contributed by atoms with Gasteiger partial charge in [0, 0.05) is 5.92 Å². The van der Waals surface area contributed by atoms with Crippen molar-refractivity contribution in [1.82, 2.24) is 0 Å². The third-order valence-corrected chi connectivity index (χ3v) is 7.33. The molecule has 0 aliphatic rings. The smallest absolute Gasteiger partial charge is 0.198 e. The van der Waals surface area contributed by atoms with E-state index in [1.807, 2.05) is 0 Å². The second-order valence-electron chi connectivity index (χ2n) is 10.6. The number of rotatable bonds is 28. The molecule has 0 atom stereocenters. The van der Waals surface area contributed by atoms with Gasteiger partial charge in [-0.3, -0.25) is 9.59 Å². The number of carbonyl (C=O) groups excluding carboxylic acids is 2. The van der Waals surface area contributed by atoms with Crippen LogP contribution in [-0.2, 0) is 9.59 Å². The fourth-order valence-corrected chi connectivity index (χ4v) is 4.99. The fourth-order valence-electron chi connectivity index (χ4n) is 4.99. The van der Waals surface area contributed by atoms with Crippen molar-refractivity contribution >= 4 is 12.1 Å². The molecule has 0 fully saturated rings. The highest BCUT2D eigenvalue weighted by atomic mass is 16.2. The zero-order valence-corrected chi connectivity index (χ0v) is 22.9. The molecule has 2 heteroatoms. The Labute approximate surface area is 208 Å². The molecule has 0 spiro atoms. The van der Waals surface area contributed by atoms with E-state index in [9.17, 15) is 9.59 Å². The summed E-state index contributed by atoms with van der Waals surface area (Å²) >= 11 is 0. The van der Waals surface area contributed by atoms with Gasteiger partial charge in [-0.25, -0.2) is 0 Å². The Kier molecular flexibility index (Phi) is 27.0. The van der Waals surface area contributed by atoms with Gasteiger partial charge in [-0.2, -0.15) is 0 Å². The highest BCUT2D eigenvalue weighted by Crippen LogP contribution is 2.20. The van der Waals surface area contributed by atoms with Gasteiger partial charge in [-0.1, -0.05) is 168 Å². The molecule has 0 radical (unpaired) electrons. The molecule has 0 bridgehead atoms. The van der Waals surface area contributed by atoms with Crippen LogP contribution in [0.25, 0.3) is 0 Å². The number of unbranched alkanes of at least 4 members (excludes halogenated alkanes) is 22. The molecule has 0 aromatic rings. The van der Waals surface area contributed by atoms with Crippen LogP contribution >= 0.6 is 0 Å². The minimum Gasteiger partial charge on any atom is -0.295 e. The van der Waals surface area contributed by atoms with Crippen molar-refractivity contribution in [2.75, 3.05) is 0 Å². The first kappa shape index (κ1) is 32.3. The van der Waals surface area contributed by atoms with Crippen molar-refractivity contribution in [2.45, 2.75) is 181 Å². The van der Waals surface area contributed by atoms with E-state index in [0.29, 0.717) is 6.29 Å². The number of ketones is 1. The Balaban J connectivity index is 3.55. The van der Waals surface area contributed by atoms with Crippen molar-refractivity contribution < 1.29 is 9.59 Å². The molecule has 33 heavy (non-hydrogen) atoms. The Morgan fingerprint density at radius 1 is 0.455 bits per heavy atom. The zero-order valence-electron chi connectivity index (χ0n) is 22.9. The van der Waals surface area contributed by atoms with E-state index >= 15 is 0 Å². The molecular formula is C31H60O2. The van der Waals surface area contributed by atoms with E-state index < -0.39 is 0 Å². The van der Waals surface area contributed by atoms with Gasteiger partial charge in [0.1, 0.15) is 0 Å². The van der Waals surface area contributed by atoms with Gasteiger partial charge < -0.3 is 0 Å². The highest BCUT2D eigenvalue weighted by Gasteiger charge is 2.16. The zero-order chi connectivity index (χ0) is 24.2. The topological polar surface area (TPSA) is 34.1 Å². The number of Topliss-reactive ketones (excluding diaryl/α,β-unsaturated/α-hetero) is 1. The van der Waals surface area contributed by atoms with E-state index in [0.717, 1.165) is 25.7 Å². The molecular weight excluding hydrogens is 404 g/mol. The minimum atomic E-state index is -0.152. The van der Waals surface area contributed by atoms with Gasteiger partial charge >= 0.3 is 0 Å². The van der Waals surface area contributed by atoms with Crippen molar-refractivity contribution in [3.63, 3.8) is 0 Å². The Morgan fingerprint density at radius 2 is 0.697 bits per heavy atom. The molecule has 0 aromatic carbocycles. The number of hydrogen-bond acceptors (Lipinski definition) is 2. The van der Waals surface area contributed by atoms with Crippen molar-refractivity contribution in [1.29, 1.82) is 0 Å². The first-order chi connectivity index (χ1) is 16.3. The molecule has 0 N–H and O–H groups in total. The van der Waals surface area contributed by atoms with Crippen LogP contribution < -0.4 is 0 Å². The first-order valence-electron chi connectivity index (χ1n) is 15.2. The second kappa shape index (κ2) is 27.6. The summed E-state index contributed by atoms with van der Waals surface area (Å²) in [6.45, 7) is 4.55. The van der Waals surface area contributed by atoms with E-state index in [2.05, 4.69) is 13.8 Å². The molecule has 0 aromatic heterocycles. The molecule has 0 unspecified atom stereocenters. The summed E-state index contributed by atoms with van der Waals surface area (Å²) in [6.07, 6.45) is 34.6. The van der Waals surface area contributed by atoms with Gasteiger partial charge in [-0.05, 0) is 12.8 Å². The number of aldehydes is 1. The van der Waals surface area contributed by atoms with E-state index in [1.54, 1.807) is 0 Å². The Morgan fingerprint density at radius 3 is 0.939 bits per heavy atom. The number of carbonyl (C=O) groups is 2. The Bertz CT molecular complexity index is 376. The molecule has 0 saturated heterocycles. The fraction of sp³-hybridized carbons (Fsp3) is 0.935. The predicted molar refractivity (Wildman–Crippen MR) is 146 cm³/mol. The third-order valence-electron chi connectivity index (χ3n) is 7.33. The summed E-state index contributed by atoms with van der Waals surface area (Å²) in [5.74, 6) is -0.158. The van der Waals surface area contributed by atoms with Gasteiger partial charge in [0.05, 0.1) is 0 Å². The van der Waals surface area contributed by atoms with Crippen molar-refractivity contribution in [3.8, 4) is 0 Å². The van der Waals surface area contributed by atoms with E-state index in [4.69, 9.17) is 0 Å². The van der Waals surface area contributed by atoms with Crippen LogP contribution in [0, 0.1) is 5.92 Å². The highest BCUT2D eigenvalue weighted by molar-refractivity contribution is 6.25. The lowest BCUT2D eigenvalue weighted by atomic mass is 9.91. The standard InChI is InChI=1S/C31H60O2/c1-3-5-7-9-11-13-15-17-19-21-23-25-27-30(31(33)29-32)28-26-24-22-20-18-16-14-12-10-8-6-4-2/h29-30H,3-28H2,1-2H3. The normalized spacial score (nSPS) is 11.4. The summed E-state index contributed by atoms with van der Waals surface area (Å²) in [6, 6.07) is 0. The molecule has 0 saturated carbocycles. The SMILES string of the molecule is CCCCCCCCCCCCCCC(CCCCCCCCCCCCCC)C(=O)C=O. The lowest BCUT2D eigenvalue weighted by molar-refractivity contribution is -0.132. The maximum Gasteiger partial charge on any atom is 0.198 e. The second-order valence-corrected chi connectivity index (χ2v) is 10.6. The summed E-state index contributed by atoms with van der Waals surface area (Å²) in [7, 11) is 0. The van der Waals surface area contributed by atoms with Crippen LogP contribution in [0.5, 0.6) is 0 Å². The summed E-state index contributed by atoms with van der Waals surface area (Å²) < 4.78 is 0. The summed E-state index contributed by atoms with van der Waals surface area (Å²) in [4.78, 5) is 23.0. The first-order valence-corrected chi connectivity index (χ1v) is 15.2. The van der Waals surface area contributed by atoms with Crippen LogP contribution in [0.4, 0.5) is 0 Å². The van der Waals surface area contributed by atoms with Crippen LogP contribution in [-0.4, -0.2) is 12.1 Å². The van der Waals surface area contributed by atoms with E-state index in [1.165, 1.54) is 141 Å². The third kappa shape index (κ3) is 24.3. The molecule has 0 heterocycles. The summed E-state index contributed by atoms with van der Waals surface area (Å²) in [5.41, 5.74) is 0.